The number of nitrogens with one attached hydrogen (secondary N) is 2. The lowest BCUT2D eigenvalue weighted by Crippen LogP contribution is -2.60. The fourth-order valence-electron chi connectivity index (χ4n) is 6.64. The van der Waals surface area contributed by atoms with Gasteiger partial charge in [0, 0.05) is 37.6 Å². The smallest absolute Gasteiger partial charge is 0.237 e. The monoisotopic (exact) mass is 404 g/mol. The number of hydrogen-bond acceptors (Lipinski definition) is 4. The van der Waals surface area contributed by atoms with Crippen LogP contribution in [0.2, 0.25) is 0 Å². The molecular weight excluding hydrogens is 364 g/mol. The van der Waals surface area contributed by atoms with Gasteiger partial charge in [0.25, 0.3) is 0 Å². The lowest BCUT2D eigenvalue weighted by Gasteiger charge is -2.50. The maximum absolute atomic E-state index is 13.3. The fourth-order valence-corrected chi connectivity index (χ4v) is 6.64. The molecule has 4 rings (SSSR count). The van der Waals surface area contributed by atoms with Crippen LogP contribution in [0.4, 0.5) is 0 Å². The second-order valence-electron chi connectivity index (χ2n) is 10.5. The number of likely N-dealkylation sites (tertiary alicyclic amines) is 2. The van der Waals surface area contributed by atoms with Crippen LogP contribution in [0.15, 0.2) is 0 Å². The summed E-state index contributed by atoms with van der Waals surface area (Å²) in [5.41, 5.74) is 0. The van der Waals surface area contributed by atoms with Crippen molar-refractivity contribution in [3.63, 3.8) is 0 Å². The fraction of sp³-hybridized carbons (Fsp3) is 0.913. The van der Waals surface area contributed by atoms with E-state index in [2.05, 4.69) is 41.3 Å². The van der Waals surface area contributed by atoms with Gasteiger partial charge in [-0.3, -0.25) is 14.5 Å². The molecule has 1 aliphatic carbocycles. The summed E-state index contributed by atoms with van der Waals surface area (Å²) in [5.74, 6) is 2.14. The Labute approximate surface area is 176 Å². The first-order valence-corrected chi connectivity index (χ1v) is 11.9. The molecule has 8 unspecified atom stereocenters. The minimum atomic E-state index is 0.0336. The van der Waals surface area contributed by atoms with Crippen LogP contribution in [0.25, 0.3) is 0 Å². The molecule has 0 bridgehead atoms. The van der Waals surface area contributed by atoms with Gasteiger partial charge >= 0.3 is 0 Å². The average Bonchev–Trinajstić information content (AvgIpc) is 3.13. The minimum absolute atomic E-state index is 0.0336. The summed E-state index contributed by atoms with van der Waals surface area (Å²) in [7, 11) is 4.07. The van der Waals surface area contributed by atoms with Crippen LogP contribution in [0.3, 0.4) is 0 Å². The zero-order chi connectivity index (χ0) is 20.7. The van der Waals surface area contributed by atoms with Crippen molar-refractivity contribution in [2.24, 2.45) is 23.7 Å². The van der Waals surface area contributed by atoms with Crippen LogP contribution < -0.4 is 10.6 Å². The topological polar surface area (TPSA) is 64.7 Å². The molecule has 0 radical (unpaired) electrons. The predicted molar refractivity (Wildman–Crippen MR) is 114 cm³/mol. The molecule has 29 heavy (non-hydrogen) atoms. The quantitative estimate of drug-likeness (QED) is 0.753. The number of likely N-dealkylation sites (N-methyl/N-ethyl adjacent to an activating group) is 1. The number of fused-ring (bicyclic) bond motifs is 1. The third-order valence-electron chi connectivity index (χ3n) is 8.53. The first-order valence-electron chi connectivity index (χ1n) is 11.9. The van der Waals surface area contributed by atoms with E-state index in [4.69, 9.17) is 0 Å². The Kier molecular flexibility index (Phi) is 6.22. The van der Waals surface area contributed by atoms with E-state index >= 15 is 0 Å². The summed E-state index contributed by atoms with van der Waals surface area (Å²) in [6, 6.07) is 1.14. The standard InChI is InChI=1S/C23H40N4O2/c1-14-7-8-17(25-22(28)20-6-5-9-26(20)3)12-18(14)19-11-16-13-24-15(2)10-21(16)27(4)23(19)29/h14-21,24H,5-13H2,1-4H3,(H,25,28). The normalized spacial score (nSPS) is 43.9. The van der Waals surface area contributed by atoms with Gasteiger partial charge in [0.05, 0.1) is 6.04 Å². The second-order valence-corrected chi connectivity index (χ2v) is 10.5. The van der Waals surface area contributed by atoms with Crippen molar-refractivity contribution < 1.29 is 9.59 Å². The van der Waals surface area contributed by atoms with Crippen molar-refractivity contribution in [3.8, 4) is 0 Å². The van der Waals surface area contributed by atoms with E-state index < -0.39 is 0 Å². The lowest BCUT2D eigenvalue weighted by molar-refractivity contribution is -0.148. The molecule has 3 heterocycles. The number of rotatable bonds is 3. The van der Waals surface area contributed by atoms with Crippen LogP contribution in [-0.4, -0.2) is 73.0 Å². The Hall–Kier alpha value is -1.14. The third kappa shape index (κ3) is 4.20. The molecule has 0 aromatic heterocycles. The van der Waals surface area contributed by atoms with Crippen LogP contribution in [-0.2, 0) is 9.59 Å². The molecule has 8 atom stereocenters. The molecule has 0 aromatic rings. The maximum Gasteiger partial charge on any atom is 0.237 e. The highest BCUT2D eigenvalue weighted by Crippen LogP contribution is 2.43. The SMILES string of the molecule is CC1CC2C(CN1)CC(C1CC(NC(=O)C3CCCN3C)CCC1C)C(=O)N2C. The van der Waals surface area contributed by atoms with E-state index in [0.29, 0.717) is 35.7 Å². The van der Waals surface area contributed by atoms with E-state index in [-0.39, 0.29) is 23.9 Å². The molecule has 3 aliphatic heterocycles. The zero-order valence-corrected chi connectivity index (χ0v) is 18.7. The lowest BCUT2D eigenvalue weighted by atomic mass is 9.65. The van der Waals surface area contributed by atoms with Crippen molar-refractivity contribution in [1.29, 1.82) is 0 Å². The van der Waals surface area contributed by atoms with Crippen molar-refractivity contribution in [2.45, 2.75) is 83.0 Å². The highest BCUT2D eigenvalue weighted by atomic mass is 16.2. The van der Waals surface area contributed by atoms with Gasteiger partial charge in [-0.1, -0.05) is 6.92 Å². The van der Waals surface area contributed by atoms with E-state index in [1.165, 1.54) is 0 Å². The van der Waals surface area contributed by atoms with Crippen molar-refractivity contribution in [3.05, 3.63) is 0 Å². The number of carbonyl (C=O) groups is 2. The Balaban J connectivity index is 1.41. The molecule has 4 aliphatic rings. The zero-order valence-electron chi connectivity index (χ0n) is 18.7. The highest BCUT2D eigenvalue weighted by Gasteiger charge is 2.47. The first-order chi connectivity index (χ1) is 13.8. The number of amides is 2. The molecule has 3 saturated heterocycles. The predicted octanol–water partition coefficient (Wildman–Crippen LogP) is 1.85. The number of nitrogens with zero attached hydrogens (tertiary/aromatic N) is 2. The summed E-state index contributed by atoms with van der Waals surface area (Å²) >= 11 is 0. The summed E-state index contributed by atoms with van der Waals surface area (Å²) in [4.78, 5) is 30.4. The van der Waals surface area contributed by atoms with E-state index in [0.717, 1.165) is 58.0 Å². The van der Waals surface area contributed by atoms with Gasteiger partial charge in [0.2, 0.25) is 11.8 Å². The minimum Gasteiger partial charge on any atom is -0.352 e. The van der Waals surface area contributed by atoms with Gasteiger partial charge in [0.15, 0.2) is 0 Å². The largest absolute Gasteiger partial charge is 0.352 e. The molecule has 4 fully saturated rings. The van der Waals surface area contributed by atoms with Gasteiger partial charge in [-0.25, -0.2) is 0 Å². The summed E-state index contributed by atoms with van der Waals surface area (Å²) in [6.45, 7) is 6.57. The number of carbonyl (C=O) groups excluding carboxylic acids is 2. The first kappa shape index (κ1) is 21.1. The van der Waals surface area contributed by atoms with Crippen LogP contribution >= 0.6 is 0 Å². The van der Waals surface area contributed by atoms with Gasteiger partial charge in [0.1, 0.15) is 0 Å². The van der Waals surface area contributed by atoms with Crippen molar-refractivity contribution in [2.75, 3.05) is 27.2 Å². The van der Waals surface area contributed by atoms with Crippen LogP contribution in [0, 0.1) is 23.7 Å². The molecule has 2 amide bonds. The molecule has 6 heteroatoms. The summed E-state index contributed by atoms with van der Waals surface area (Å²) in [6.07, 6.45) is 7.25. The van der Waals surface area contributed by atoms with Gasteiger partial charge < -0.3 is 15.5 Å². The van der Waals surface area contributed by atoms with Gasteiger partial charge in [-0.2, -0.15) is 0 Å². The Morgan fingerprint density at radius 2 is 1.90 bits per heavy atom. The molecule has 164 valence electrons. The van der Waals surface area contributed by atoms with E-state index in [1.807, 2.05) is 7.05 Å². The van der Waals surface area contributed by atoms with Gasteiger partial charge in [-0.05, 0) is 83.2 Å². The maximum atomic E-state index is 13.3. The molecule has 0 aromatic carbocycles. The molecule has 6 nitrogen and oxygen atoms in total. The molecule has 1 saturated carbocycles. The van der Waals surface area contributed by atoms with Crippen LogP contribution in [0.5, 0.6) is 0 Å². The number of hydrogen-bond donors (Lipinski definition) is 2. The molecular formula is C23H40N4O2. The summed E-state index contributed by atoms with van der Waals surface area (Å²) in [5, 5.41) is 6.97. The van der Waals surface area contributed by atoms with E-state index in [9.17, 15) is 9.59 Å². The third-order valence-corrected chi connectivity index (χ3v) is 8.53. The average molecular weight is 405 g/mol. The van der Waals surface area contributed by atoms with Crippen molar-refractivity contribution >= 4 is 11.8 Å². The second kappa shape index (κ2) is 8.54. The Bertz CT molecular complexity index is 626. The Morgan fingerprint density at radius 1 is 1.10 bits per heavy atom. The van der Waals surface area contributed by atoms with Gasteiger partial charge in [-0.15, -0.1) is 0 Å². The van der Waals surface area contributed by atoms with Crippen LogP contribution in [0.1, 0.15) is 58.8 Å². The Morgan fingerprint density at radius 3 is 2.62 bits per heavy atom. The van der Waals surface area contributed by atoms with Crippen molar-refractivity contribution in [1.82, 2.24) is 20.4 Å². The number of piperidine rings is 2. The molecule has 0 spiro atoms. The summed E-state index contributed by atoms with van der Waals surface area (Å²) < 4.78 is 0. The highest BCUT2D eigenvalue weighted by molar-refractivity contribution is 5.82. The van der Waals surface area contributed by atoms with E-state index in [1.54, 1.807) is 0 Å². The molecule has 2 N–H and O–H groups in total.